The van der Waals surface area contributed by atoms with Crippen molar-refractivity contribution >= 4 is 35.1 Å². The van der Waals surface area contributed by atoms with Crippen LogP contribution in [0.5, 0.6) is 0 Å². The van der Waals surface area contributed by atoms with E-state index in [2.05, 4.69) is 28.9 Å². The predicted molar refractivity (Wildman–Crippen MR) is 187 cm³/mol. The Morgan fingerprint density at radius 3 is 2.12 bits per heavy atom. The van der Waals surface area contributed by atoms with Crippen LogP contribution in [0.4, 0.5) is 18.9 Å². The molecule has 0 radical (unpaired) electrons. The van der Waals surface area contributed by atoms with Gasteiger partial charge in [0.25, 0.3) is 5.90 Å². The summed E-state index contributed by atoms with van der Waals surface area (Å²) in [5.41, 5.74) is 8.51. The molecule has 2 rings (SSSR count). The summed E-state index contributed by atoms with van der Waals surface area (Å²) in [4.78, 5) is 6.57. The van der Waals surface area contributed by atoms with Gasteiger partial charge >= 0.3 is 6.18 Å². The molecular weight excluding hydrogens is 670 g/mol. The zero-order valence-electron chi connectivity index (χ0n) is 28.6. The Labute approximate surface area is 292 Å². The number of azide groups is 1. The van der Waals surface area contributed by atoms with Crippen LogP contribution in [0.15, 0.2) is 40.4 Å². The number of unbranched alkanes of at least 4 members (excludes halogenated alkanes) is 3. The van der Waals surface area contributed by atoms with E-state index in [1.165, 1.54) is 12.1 Å². The predicted octanol–water partition coefficient (Wildman–Crippen LogP) is 8.96. The number of alkyl halides is 3. The fourth-order valence-electron chi connectivity index (χ4n) is 4.61. The van der Waals surface area contributed by atoms with Gasteiger partial charge in [-0.1, -0.05) is 70.3 Å². The van der Waals surface area contributed by atoms with Crippen molar-refractivity contribution in [1.29, 1.82) is 0 Å². The van der Waals surface area contributed by atoms with Crippen LogP contribution in [0.1, 0.15) is 66.2 Å². The van der Waals surface area contributed by atoms with Crippen LogP contribution in [0, 0.1) is 5.92 Å². The van der Waals surface area contributed by atoms with Gasteiger partial charge in [0.15, 0.2) is 0 Å². The molecule has 0 aliphatic carbocycles. The van der Waals surface area contributed by atoms with Crippen molar-refractivity contribution in [2.45, 2.75) is 103 Å². The second-order valence-corrected chi connectivity index (χ2v) is 13.6. The van der Waals surface area contributed by atoms with Gasteiger partial charge in [-0.3, -0.25) is 0 Å². The van der Waals surface area contributed by atoms with Gasteiger partial charge in [0.1, 0.15) is 24.4 Å². The maximum atomic E-state index is 14.3. The number of nitrogens with zero attached hydrogens (tertiary/aromatic N) is 4. The number of thioether (sulfide) groups is 2. The summed E-state index contributed by atoms with van der Waals surface area (Å²) in [7, 11) is 0. The van der Waals surface area contributed by atoms with Crippen LogP contribution in [-0.2, 0) is 28.4 Å². The molecule has 1 aromatic carbocycles. The largest absolute Gasteiger partial charge is 0.468 e. The second kappa shape index (κ2) is 25.3. The highest BCUT2D eigenvalue weighted by molar-refractivity contribution is 8.00. The van der Waals surface area contributed by atoms with Crippen LogP contribution in [-0.4, -0.2) is 98.9 Å². The second-order valence-electron chi connectivity index (χ2n) is 11.5. The third-order valence-electron chi connectivity index (χ3n) is 7.13. The number of halogens is 3. The third kappa shape index (κ3) is 16.8. The van der Waals surface area contributed by atoms with Gasteiger partial charge in [0.05, 0.1) is 18.2 Å². The lowest BCUT2D eigenvalue weighted by Gasteiger charge is -2.45. The topological polar surface area (TPSA) is 117 Å². The Kier molecular flexibility index (Phi) is 22.4. The molecule has 0 N–H and O–H groups in total. The first-order chi connectivity index (χ1) is 23.2. The minimum absolute atomic E-state index is 0.0610. The first kappa shape index (κ1) is 42.5. The molecule has 48 heavy (non-hydrogen) atoms. The van der Waals surface area contributed by atoms with Gasteiger partial charge in [0, 0.05) is 31.3 Å². The first-order valence-corrected chi connectivity index (χ1v) is 19.2. The lowest BCUT2D eigenvalue weighted by atomic mass is 9.98. The minimum atomic E-state index is -4.89. The molecule has 1 saturated heterocycles. The van der Waals surface area contributed by atoms with E-state index in [1.54, 1.807) is 41.7 Å². The average molecular weight is 723 g/mol. The van der Waals surface area contributed by atoms with Gasteiger partial charge in [0.2, 0.25) is 6.29 Å². The van der Waals surface area contributed by atoms with E-state index in [1.807, 2.05) is 13.8 Å². The van der Waals surface area contributed by atoms with Crippen LogP contribution in [0.2, 0.25) is 0 Å². The van der Waals surface area contributed by atoms with Crippen molar-refractivity contribution in [2.24, 2.45) is 16.0 Å². The summed E-state index contributed by atoms with van der Waals surface area (Å²) in [6, 6.07) is 7.85. The summed E-state index contributed by atoms with van der Waals surface area (Å²) >= 11 is 3.35. The fraction of sp³-hybridized carbons (Fsp3) is 0.788. The number of para-hydroxylation sites is 1. The summed E-state index contributed by atoms with van der Waals surface area (Å²) in [6.07, 6.45) is -4.71. The van der Waals surface area contributed by atoms with Crippen LogP contribution in [0.25, 0.3) is 10.4 Å². The zero-order chi connectivity index (χ0) is 35.0. The molecule has 1 aliphatic rings. The van der Waals surface area contributed by atoms with E-state index in [9.17, 15) is 13.2 Å². The number of hydrogen-bond acceptors (Lipinski definition) is 10. The molecule has 274 valence electrons. The number of benzene rings is 1. The molecule has 0 saturated carbocycles. The van der Waals surface area contributed by atoms with Crippen molar-refractivity contribution in [1.82, 2.24) is 0 Å². The highest BCUT2D eigenvalue weighted by Gasteiger charge is 2.52. The van der Waals surface area contributed by atoms with Crippen LogP contribution < -0.4 is 0 Å². The van der Waals surface area contributed by atoms with Crippen molar-refractivity contribution < 1.29 is 41.6 Å². The molecule has 0 spiro atoms. The monoisotopic (exact) mass is 722 g/mol. The Morgan fingerprint density at radius 2 is 1.52 bits per heavy atom. The summed E-state index contributed by atoms with van der Waals surface area (Å²) in [6.45, 7) is 9.86. The van der Waals surface area contributed by atoms with E-state index in [0.717, 1.165) is 49.4 Å². The van der Waals surface area contributed by atoms with Crippen LogP contribution >= 0.6 is 23.5 Å². The lowest BCUT2D eigenvalue weighted by molar-refractivity contribution is -0.310. The van der Waals surface area contributed by atoms with E-state index in [-0.39, 0.29) is 18.9 Å². The zero-order valence-corrected chi connectivity index (χ0v) is 30.3. The number of aliphatic imine (C=N–C) groups is 1. The van der Waals surface area contributed by atoms with Gasteiger partial charge < -0.3 is 28.4 Å². The standard InChI is InChI=1S/C33H53F3N4O6S2/c1-5-8-17-42-28-27(21-41-24-48-23-25(4)22-47-20-16-38-40-37)45-31(30(44-19-10-7-3)29(28)43-18-9-6-2)46-32(33(34,35)36)39-26-14-12-11-13-15-26/h11-15,25,27-31H,5-10,16-24H2,1-4H3/b39-32+/t25?,27?,28-,29+,30?,31+/m1/s1. The SMILES string of the molecule is CCCCOC1[C@H](O/C(=N/c2ccccc2)C(F)(F)F)OC(COCSCC(C)CSCCN=[N+]=[N-])[C@@H](OCCCC)[C@@H]1OCCCC. The first-order valence-electron chi connectivity index (χ1n) is 16.9. The lowest BCUT2D eigenvalue weighted by Crippen LogP contribution is -2.62. The fourth-order valence-corrected chi connectivity index (χ4v) is 6.48. The quantitative estimate of drug-likeness (QED) is 0.0187. The molecule has 1 aliphatic heterocycles. The number of hydrogen-bond donors (Lipinski definition) is 0. The maximum absolute atomic E-state index is 14.3. The molecule has 1 aromatic rings. The minimum Gasteiger partial charge on any atom is -0.441 e. The smallest absolute Gasteiger partial charge is 0.441 e. The van der Waals surface area contributed by atoms with E-state index >= 15 is 0 Å². The molecule has 0 aromatic heterocycles. The maximum Gasteiger partial charge on any atom is 0.468 e. The summed E-state index contributed by atoms with van der Waals surface area (Å²) in [5, 5.41) is 3.55. The molecule has 0 bridgehead atoms. The highest BCUT2D eigenvalue weighted by atomic mass is 32.2. The van der Waals surface area contributed by atoms with Crippen LogP contribution in [0.3, 0.4) is 0 Å². The van der Waals surface area contributed by atoms with E-state index < -0.39 is 42.8 Å². The Hall–Kier alpha value is -1.71. The van der Waals surface area contributed by atoms with Crippen molar-refractivity contribution in [3.8, 4) is 0 Å². The Bertz CT molecular complexity index is 1060. The highest BCUT2D eigenvalue weighted by Crippen LogP contribution is 2.33. The van der Waals surface area contributed by atoms with Gasteiger partial charge in [-0.2, -0.15) is 24.9 Å². The van der Waals surface area contributed by atoms with Crippen molar-refractivity contribution in [3.05, 3.63) is 40.8 Å². The molecule has 1 heterocycles. The number of rotatable bonds is 25. The van der Waals surface area contributed by atoms with Gasteiger partial charge in [-0.25, -0.2) is 4.99 Å². The summed E-state index contributed by atoms with van der Waals surface area (Å²) in [5.74, 6) is 1.89. The molecule has 15 heteroatoms. The average Bonchev–Trinajstić information content (AvgIpc) is 3.06. The normalized spacial score (nSPS) is 22.3. The van der Waals surface area contributed by atoms with E-state index in [4.69, 9.17) is 34.0 Å². The third-order valence-corrected chi connectivity index (χ3v) is 9.54. The van der Waals surface area contributed by atoms with Crippen molar-refractivity contribution in [2.75, 3.05) is 56.2 Å². The molecule has 3 unspecified atom stereocenters. The molecule has 6 atom stereocenters. The summed E-state index contributed by atoms with van der Waals surface area (Å²) < 4.78 is 79.9. The van der Waals surface area contributed by atoms with Crippen molar-refractivity contribution in [3.63, 3.8) is 0 Å². The Balaban J connectivity index is 2.28. The Morgan fingerprint density at radius 1 is 0.917 bits per heavy atom. The van der Waals surface area contributed by atoms with Gasteiger partial charge in [-0.05, 0) is 60.1 Å². The molecular formula is C33H53F3N4O6S2. The number of ether oxygens (including phenoxy) is 6. The molecule has 0 amide bonds. The molecule has 1 fully saturated rings. The van der Waals surface area contributed by atoms with E-state index in [0.29, 0.717) is 38.0 Å². The molecule has 10 nitrogen and oxygen atoms in total. The van der Waals surface area contributed by atoms with Gasteiger partial charge in [-0.15, -0.1) is 11.8 Å².